The second-order valence-corrected chi connectivity index (χ2v) is 7.00. The quantitative estimate of drug-likeness (QED) is 0.864. The van der Waals surface area contributed by atoms with Crippen LogP contribution in [-0.2, 0) is 13.1 Å². The molecule has 0 radical (unpaired) electrons. The molecule has 130 valence electrons. The van der Waals surface area contributed by atoms with Crippen LogP contribution in [0.5, 0.6) is 0 Å². The number of carbonyl (C=O) groups excluding carboxylic acids is 1. The van der Waals surface area contributed by atoms with Crippen molar-refractivity contribution in [3.63, 3.8) is 0 Å². The molecule has 1 aromatic heterocycles. The van der Waals surface area contributed by atoms with E-state index in [0.29, 0.717) is 6.54 Å². The van der Waals surface area contributed by atoms with E-state index in [9.17, 15) is 4.79 Å². The molecule has 6 nitrogen and oxygen atoms in total. The smallest absolute Gasteiger partial charge is 0.251 e. The summed E-state index contributed by atoms with van der Waals surface area (Å²) >= 11 is 0. The summed E-state index contributed by atoms with van der Waals surface area (Å²) in [4.78, 5) is 23.2. The van der Waals surface area contributed by atoms with E-state index in [4.69, 9.17) is 0 Å². The maximum Gasteiger partial charge on any atom is 0.251 e. The molecule has 2 aliphatic rings. The standard InChI is InChI=1S/C19H23N5O/c1-24(11-13-4-5-20-7-13)12-16-9-22-18(10-21-16)14-2-3-15-8-23-19(25)17(15)6-14/h2-3,6,9-10,13,20H,4-5,7-8,11-12H2,1H3,(H,23,25). The van der Waals surface area contributed by atoms with Crippen LogP contribution in [0, 0.1) is 5.92 Å². The number of hydrogen-bond donors (Lipinski definition) is 2. The fourth-order valence-corrected chi connectivity index (χ4v) is 3.61. The maximum absolute atomic E-state index is 11.8. The summed E-state index contributed by atoms with van der Waals surface area (Å²) in [5.74, 6) is 0.722. The van der Waals surface area contributed by atoms with Crippen LogP contribution in [0.4, 0.5) is 0 Å². The molecule has 3 heterocycles. The van der Waals surface area contributed by atoms with Gasteiger partial charge in [0.15, 0.2) is 0 Å². The average Bonchev–Trinajstić information content (AvgIpc) is 3.25. The molecule has 1 unspecified atom stereocenters. The Labute approximate surface area is 147 Å². The van der Waals surface area contributed by atoms with E-state index >= 15 is 0 Å². The number of nitrogens with one attached hydrogen (secondary N) is 2. The van der Waals surface area contributed by atoms with Crippen molar-refractivity contribution < 1.29 is 4.79 Å². The molecule has 1 fully saturated rings. The minimum Gasteiger partial charge on any atom is -0.348 e. The summed E-state index contributed by atoms with van der Waals surface area (Å²) in [6, 6.07) is 5.89. The molecule has 2 aliphatic heterocycles. The Bertz CT molecular complexity index is 768. The van der Waals surface area contributed by atoms with Crippen molar-refractivity contribution in [3.8, 4) is 11.3 Å². The van der Waals surface area contributed by atoms with Crippen LogP contribution in [0.3, 0.4) is 0 Å². The molecule has 1 saturated heterocycles. The third-order valence-corrected chi connectivity index (χ3v) is 4.96. The van der Waals surface area contributed by atoms with E-state index in [1.165, 1.54) is 6.42 Å². The highest BCUT2D eigenvalue weighted by atomic mass is 16.1. The topological polar surface area (TPSA) is 70.2 Å². The summed E-state index contributed by atoms with van der Waals surface area (Å²) in [7, 11) is 2.13. The van der Waals surface area contributed by atoms with Crippen molar-refractivity contribution in [2.45, 2.75) is 19.5 Å². The van der Waals surface area contributed by atoms with Gasteiger partial charge in [0.2, 0.25) is 0 Å². The van der Waals surface area contributed by atoms with Gasteiger partial charge >= 0.3 is 0 Å². The van der Waals surface area contributed by atoms with Crippen molar-refractivity contribution in [3.05, 3.63) is 47.4 Å². The predicted molar refractivity (Wildman–Crippen MR) is 95.9 cm³/mol. The summed E-state index contributed by atoms with van der Waals surface area (Å²) in [5.41, 5.74) is 4.49. The molecule has 25 heavy (non-hydrogen) atoms. The van der Waals surface area contributed by atoms with Crippen LogP contribution in [0.1, 0.15) is 28.0 Å². The molecular formula is C19H23N5O. The number of carbonyl (C=O) groups is 1. The van der Waals surface area contributed by atoms with E-state index in [1.54, 1.807) is 6.20 Å². The van der Waals surface area contributed by atoms with Gasteiger partial charge in [-0.1, -0.05) is 12.1 Å². The summed E-state index contributed by atoms with van der Waals surface area (Å²) in [6.45, 7) is 4.74. The van der Waals surface area contributed by atoms with Crippen molar-refractivity contribution in [2.24, 2.45) is 5.92 Å². The minimum atomic E-state index is -0.00976. The zero-order valence-corrected chi connectivity index (χ0v) is 14.5. The molecule has 0 saturated carbocycles. The van der Waals surface area contributed by atoms with Gasteiger partial charge in [-0.05, 0) is 44.1 Å². The van der Waals surface area contributed by atoms with Gasteiger partial charge in [0.1, 0.15) is 0 Å². The zero-order chi connectivity index (χ0) is 17.2. The first-order valence-electron chi connectivity index (χ1n) is 8.81. The lowest BCUT2D eigenvalue weighted by Gasteiger charge is -2.19. The van der Waals surface area contributed by atoms with Crippen molar-refractivity contribution in [1.82, 2.24) is 25.5 Å². The summed E-state index contributed by atoms with van der Waals surface area (Å²) in [5, 5.41) is 6.24. The number of fused-ring (bicyclic) bond motifs is 1. The fraction of sp³-hybridized carbons (Fsp3) is 0.421. The third kappa shape index (κ3) is 3.55. The van der Waals surface area contributed by atoms with Crippen molar-refractivity contribution >= 4 is 5.91 Å². The molecule has 0 spiro atoms. The van der Waals surface area contributed by atoms with Crippen LogP contribution in [0.2, 0.25) is 0 Å². The Morgan fingerprint density at radius 3 is 2.96 bits per heavy atom. The van der Waals surface area contributed by atoms with Gasteiger partial charge in [-0.15, -0.1) is 0 Å². The zero-order valence-electron chi connectivity index (χ0n) is 14.5. The lowest BCUT2D eigenvalue weighted by Crippen LogP contribution is -2.27. The van der Waals surface area contributed by atoms with Crippen LogP contribution < -0.4 is 10.6 Å². The van der Waals surface area contributed by atoms with Gasteiger partial charge in [-0.2, -0.15) is 0 Å². The number of rotatable bonds is 5. The van der Waals surface area contributed by atoms with Gasteiger partial charge in [-0.25, -0.2) is 0 Å². The SMILES string of the molecule is CN(Cc1cnc(-c2ccc3c(c2)C(=O)NC3)cn1)CC1CCNC1. The number of amides is 1. The summed E-state index contributed by atoms with van der Waals surface area (Å²) in [6.07, 6.45) is 4.89. The molecule has 6 heteroatoms. The molecular weight excluding hydrogens is 314 g/mol. The van der Waals surface area contributed by atoms with Crippen LogP contribution in [0.25, 0.3) is 11.3 Å². The highest BCUT2D eigenvalue weighted by Gasteiger charge is 2.19. The molecule has 1 aromatic carbocycles. The second kappa shape index (κ2) is 6.90. The molecule has 2 aromatic rings. The second-order valence-electron chi connectivity index (χ2n) is 7.00. The molecule has 4 rings (SSSR count). The van der Waals surface area contributed by atoms with Gasteiger partial charge in [0.25, 0.3) is 5.91 Å². The fourth-order valence-electron chi connectivity index (χ4n) is 3.61. The maximum atomic E-state index is 11.8. The predicted octanol–water partition coefficient (Wildman–Crippen LogP) is 1.43. The van der Waals surface area contributed by atoms with Crippen LogP contribution in [0.15, 0.2) is 30.6 Å². The van der Waals surface area contributed by atoms with Gasteiger partial charge in [-0.3, -0.25) is 14.8 Å². The van der Waals surface area contributed by atoms with Crippen molar-refractivity contribution in [2.75, 3.05) is 26.7 Å². The third-order valence-electron chi connectivity index (χ3n) is 4.96. The number of nitrogens with zero attached hydrogens (tertiary/aromatic N) is 3. The lowest BCUT2D eigenvalue weighted by molar-refractivity contribution is 0.0966. The largest absolute Gasteiger partial charge is 0.348 e. The first kappa shape index (κ1) is 16.2. The Kier molecular flexibility index (Phi) is 4.46. The molecule has 2 N–H and O–H groups in total. The Hall–Kier alpha value is -2.31. The normalized spacial score (nSPS) is 19.3. The van der Waals surface area contributed by atoms with Gasteiger partial charge in [0, 0.05) is 30.8 Å². The van der Waals surface area contributed by atoms with Crippen molar-refractivity contribution in [1.29, 1.82) is 0 Å². The van der Waals surface area contributed by atoms with Crippen LogP contribution >= 0.6 is 0 Å². The lowest BCUT2D eigenvalue weighted by atomic mass is 10.0. The monoisotopic (exact) mass is 337 g/mol. The van der Waals surface area contributed by atoms with Gasteiger partial charge < -0.3 is 15.5 Å². The molecule has 0 aliphatic carbocycles. The molecule has 1 atom stereocenters. The first-order chi connectivity index (χ1) is 12.2. The first-order valence-corrected chi connectivity index (χ1v) is 8.81. The number of aromatic nitrogens is 2. The summed E-state index contributed by atoms with van der Waals surface area (Å²) < 4.78 is 0. The minimum absolute atomic E-state index is 0.00976. The Morgan fingerprint density at radius 2 is 2.20 bits per heavy atom. The average molecular weight is 337 g/mol. The number of hydrogen-bond acceptors (Lipinski definition) is 5. The molecule has 1 amide bonds. The van der Waals surface area contributed by atoms with E-state index < -0.39 is 0 Å². The van der Waals surface area contributed by atoms with Gasteiger partial charge in [0.05, 0.1) is 23.8 Å². The van der Waals surface area contributed by atoms with E-state index in [-0.39, 0.29) is 5.91 Å². The highest BCUT2D eigenvalue weighted by molar-refractivity contribution is 5.99. The van der Waals surface area contributed by atoms with Crippen LogP contribution in [-0.4, -0.2) is 47.5 Å². The van der Waals surface area contributed by atoms with E-state index in [1.807, 2.05) is 24.4 Å². The highest BCUT2D eigenvalue weighted by Crippen LogP contribution is 2.23. The van der Waals surface area contributed by atoms with E-state index in [2.05, 4.69) is 32.5 Å². The number of benzene rings is 1. The molecule has 0 bridgehead atoms. The van der Waals surface area contributed by atoms with E-state index in [0.717, 1.165) is 60.2 Å². The Balaban J connectivity index is 1.43. The Morgan fingerprint density at radius 1 is 1.28 bits per heavy atom.